The highest BCUT2D eigenvalue weighted by Crippen LogP contribution is 2.16. The van der Waals surface area contributed by atoms with E-state index in [1.807, 2.05) is 12.1 Å². The molecule has 1 aliphatic rings. The van der Waals surface area contributed by atoms with Gasteiger partial charge in [0.1, 0.15) is 0 Å². The number of carbonyl (C=O) groups excluding carboxylic acids is 2. The van der Waals surface area contributed by atoms with Crippen molar-refractivity contribution in [3.8, 4) is 0 Å². The number of imide groups is 1. The number of nitrogens with one attached hydrogen (secondary N) is 2. The van der Waals surface area contributed by atoms with Crippen molar-refractivity contribution in [1.82, 2.24) is 10.6 Å². The summed E-state index contributed by atoms with van der Waals surface area (Å²) in [5, 5.41) is 7.96. The van der Waals surface area contributed by atoms with Crippen LogP contribution < -0.4 is 10.6 Å². The van der Waals surface area contributed by atoms with E-state index in [1.165, 1.54) is 10.8 Å². The van der Waals surface area contributed by atoms with Gasteiger partial charge in [0.15, 0.2) is 0 Å². The van der Waals surface area contributed by atoms with Gasteiger partial charge in [0.25, 0.3) is 0 Å². The first kappa shape index (κ1) is 12.8. The SMILES string of the molecule is O=C1CCC(NCc2ccc3ccccc3c2)C(=O)N1. The highest BCUT2D eigenvalue weighted by Gasteiger charge is 2.25. The lowest BCUT2D eigenvalue weighted by atomic mass is 10.0. The van der Waals surface area contributed by atoms with Gasteiger partial charge in [-0.05, 0) is 28.8 Å². The molecule has 2 aromatic carbocycles. The van der Waals surface area contributed by atoms with Crippen molar-refractivity contribution in [2.24, 2.45) is 0 Å². The molecule has 0 radical (unpaired) electrons. The van der Waals surface area contributed by atoms with E-state index in [0.717, 1.165) is 5.56 Å². The molecule has 1 atom stereocenters. The number of hydrogen-bond donors (Lipinski definition) is 2. The highest BCUT2D eigenvalue weighted by atomic mass is 16.2. The fourth-order valence-electron chi connectivity index (χ4n) is 2.48. The zero-order chi connectivity index (χ0) is 13.9. The van der Waals surface area contributed by atoms with Crippen LogP contribution in [0, 0.1) is 0 Å². The minimum absolute atomic E-state index is 0.182. The molecule has 102 valence electrons. The molecule has 0 bridgehead atoms. The Labute approximate surface area is 117 Å². The van der Waals surface area contributed by atoms with Gasteiger partial charge in [0.05, 0.1) is 6.04 Å². The Morgan fingerprint density at radius 1 is 1.10 bits per heavy atom. The Morgan fingerprint density at radius 2 is 1.90 bits per heavy atom. The van der Waals surface area contributed by atoms with Crippen molar-refractivity contribution < 1.29 is 9.59 Å². The fraction of sp³-hybridized carbons (Fsp3) is 0.250. The van der Waals surface area contributed by atoms with Crippen LogP contribution >= 0.6 is 0 Å². The summed E-state index contributed by atoms with van der Waals surface area (Å²) in [6.07, 6.45) is 0.972. The van der Waals surface area contributed by atoms with Gasteiger partial charge in [0, 0.05) is 13.0 Å². The van der Waals surface area contributed by atoms with Crippen molar-refractivity contribution in [3.63, 3.8) is 0 Å². The fourth-order valence-corrected chi connectivity index (χ4v) is 2.48. The van der Waals surface area contributed by atoms with E-state index in [0.29, 0.717) is 19.4 Å². The number of amides is 2. The summed E-state index contributed by atoms with van der Waals surface area (Å²) in [4.78, 5) is 22.7. The van der Waals surface area contributed by atoms with E-state index >= 15 is 0 Å². The molecule has 2 N–H and O–H groups in total. The molecule has 1 fully saturated rings. The van der Waals surface area contributed by atoms with Crippen molar-refractivity contribution in [1.29, 1.82) is 0 Å². The molecule has 2 amide bonds. The molecule has 1 aliphatic heterocycles. The first-order valence-corrected chi connectivity index (χ1v) is 6.77. The summed E-state index contributed by atoms with van der Waals surface area (Å²) in [5.74, 6) is -0.402. The normalized spacial score (nSPS) is 19.1. The number of hydrogen-bond acceptors (Lipinski definition) is 3. The Bertz CT molecular complexity index is 666. The van der Waals surface area contributed by atoms with Crippen molar-refractivity contribution in [2.45, 2.75) is 25.4 Å². The average molecular weight is 268 g/mol. The van der Waals surface area contributed by atoms with Gasteiger partial charge < -0.3 is 5.32 Å². The summed E-state index contributed by atoms with van der Waals surface area (Å²) >= 11 is 0. The third-order valence-electron chi connectivity index (χ3n) is 3.61. The van der Waals surface area contributed by atoms with Gasteiger partial charge in [0.2, 0.25) is 11.8 Å². The van der Waals surface area contributed by atoms with Gasteiger partial charge in [-0.3, -0.25) is 14.9 Å². The molecule has 3 rings (SSSR count). The second kappa shape index (κ2) is 5.43. The minimum Gasteiger partial charge on any atom is -0.302 e. The van der Waals surface area contributed by atoms with Crippen LogP contribution in [0.2, 0.25) is 0 Å². The highest BCUT2D eigenvalue weighted by molar-refractivity contribution is 6.00. The summed E-state index contributed by atoms with van der Waals surface area (Å²) in [6, 6.07) is 14.2. The number of benzene rings is 2. The van der Waals surface area contributed by atoms with Crippen LogP contribution in [-0.2, 0) is 16.1 Å². The lowest BCUT2D eigenvalue weighted by Gasteiger charge is -2.21. The summed E-state index contributed by atoms with van der Waals surface area (Å²) in [7, 11) is 0. The van der Waals surface area contributed by atoms with Crippen LogP contribution in [0.25, 0.3) is 10.8 Å². The smallest absolute Gasteiger partial charge is 0.243 e. The molecule has 1 unspecified atom stereocenters. The Hall–Kier alpha value is -2.20. The topological polar surface area (TPSA) is 58.2 Å². The predicted octanol–water partition coefficient (Wildman–Crippen LogP) is 1.73. The molecule has 20 heavy (non-hydrogen) atoms. The van der Waals surface area contributed by atoms with Crippen LogP contribution in [0.5, 0.6) is 0 Å². The lowest BCUT2D eigenvalue weighted by molar-refractivity contribution is -0.134. The maximum absolute atomic E-state index is 11.6. The first-order chi connectivity index (χ1) is 9.72. The predicted molar refractivity (Wildman–Crippen MR) is 77.0 cm³/mol. The molecule has 0 spiro atoms. The molecular formula is C16H16N2O2. The third-order valence-corrected chi connectivity index (χ3v) is 3.61. The molecule has 1 saturated heterocycles. The van der Waals surface area contributed by atoms with Crippen molar-refractivity contribution in [3.05, 3.63) is 48.0 Å². The van der Waals surface area contributed by atoms with Crippen LogP contribution in [-0.4, -0.2) is 17.9 Å². The van der Waals surface area contributed by atoms with Crippen LogP contribution in [0.4, 0.5) is 0 Å². The molecular weight excluding hydrogens is 252 g/mol. The third kappa shape index (κ3) is 2.70. The minimum atomic E-state index is -0.279. The number of rotatable bonds is 3. The monoisotopic (exact) mass is 268 g/mol. The maximum Gasteiger partial charge on any atom is 0.243 e. The van der Waals surface area contributed by atoms with Crippen molar-refractivity contribution >= 4 is 22.6 Å². The van der Waals surface area contributed by atoms with Gasteiger partial charge in [-0.15, -0.1) is 0 Å². The van der Waals surface area contributed by atoms with E-state index < -0.39 is 0 Å². The summed E-state index contributed by atoms with van der Waals surface area (Å²) in [6.45, 7) is 0.622. The standard InChI is InChI=1S/C16H16N2O2/c19-15-8-7-14(16(20)18-15)17-10-11-5-6-12-3-1-2-4-13(12)9-11/h1-6,9,14,17H,7-8,10H2,(H,18,19,20). The Morgan fingerprint density at radius 3 is 2.70 bits per heavy atom. The van der Waals surface area contributed by atoms with Gasteiger partial charge in [-0.25, -0.2) is 0 Å². The molecule has 1 heterocycles. The Balaban J connectivity index is 1.67. The van der Waals surface area contributed by atoms with E-state index in [-0.39, 0.29) is 17.9 Å². The van der Waals surface area contributed by atoms with Gasteiger partial charge in [-0.2, -0.15) is 0 Å². The zero-order valence-electron chi connectivity index (χ0n) is 11.1. The zero-order valence-corrected chi connectivity index (χ0v) is 11.1. The van der Waals surface area contributed by atoms with E-state index in [9.17, 15) is 9.59 Å². The number of piperidine rings is 1. The molecule has 0 aromatic heterocycles. The maximum atomic E-state index is 11.6. The van der Waals surface area contributed by atoms with Crippen molar-refractivity contribution in [2.75, 3.05) is 0 Å². The number of fused-ring (bicyclic) bond motifs is 1. The molecule has 4 nitrogen and oxygen atoms in total. The summed E-state index contributed by atoms with van der Waals surface area (Å²) in [5.41, 5.74) is 1.13. The quantitative estimate of drug-likeness (QED) is 0.834. The van der Waals surface area contributed by atoms with Crippen LogP contribution in [0.3, 0.4) is 0 Å². The largest absolute Gasteiger partial charge is 0.302 e. The van der Waals surface area contributed by atoms with E-state index in [2.05, 4.69) is 41.0 Å². The Kier molecular flexibility index (Phi) is 3.48. The molecule has 4 heteroatoms. The second-order valence-corrected chi connectivity index (χ2v) is 5.07. The van der Waals surface area contributed by atoms with Gasteiger partial charge >= 0.3 is 0 Å². The molecule has 0 aliphatic carbocycles. The van der Waals surface area contributed by atoms with Gasteiger partial charge in [-0.1, -0.05) is 36.4 Å². The van der Waals surface area contributed by atoms with E-state index in [1.54, 1.807) is 0 Å². The average Bonchev–Trinajstić information content (AvgIpc) is 2.46. The first-order valence-electron chi connectivity index (χ1n) is 6.77. The molecule has 2 aromatic rings. The van der Waals surface area contributed by atoms with Crippen LogP contribution in [0.15, 0.2) is 42.5 Å². The van der Waals surface area contributed by atoms with Crippen LogP contribution in [0.1, 0.15) is 18.4 Å². The number of carbonyl (C=O) groups is 2. The second-order valence-electron chi connectivity index (χ2n) is 5.07. The molecule has 0 saturated carbocycles. The lowest BCUT2D eigenvalue weighted by Crippen LogP contribution is -2.50. The van der Waals surface area contributed by atoms with E-state index in [4.69, 9.17) is 0 Å². The summed E-state index contributed by atoms with van der Waals surface area (Å²) < 4.78 is 0.